The highest BCUT2D eigenvalue weighted by Gasteiger charge is 2.28. The number of aliphatic hydroxyl groups is 1. The van der Waals surface area contributed by atoms with Crippen LogP contribution in [0.3, 0.4) is 0 Å². The lowest BCUT2D eigenvalue weighted by Crippen LogP contribution is -2.36. The Morgan fingerprint density at radius 1 is 1.18 bits per heavy atom. The van der Waals surface area contributed by atoms with E-state index in [4.69, 9.17) is 0 Å². The summed E-state index contributed by atoms with van der Waals surface area (Å²) in [6.07, 6.45) is -0.00688. The second-order valence-corrected chi connectivity index (χ2v) is 6.55. The van der Waals surface area contributed by atoms with Crippen LogP contribution in [0.1, 0.15) is 17.0 Å². The molecule has 1 heterocycles. The lowest BCUT2D eigenvalue weighted by molar-refractivity contribution is -0.122. The summed E-state index contributed by atoms with van der Waals surface area (Å²) in [5, 5.41) is 13.0. The molecule has 1 aliphatic rings. The van der Waals surface area contributed by atoms with Crippen LogP contribution >= 0.6 is 11.8 Å². The molecule has 4 heteroatoms. The normalized spacial score (nSPS) is 17.8. The minimum absolute atomic E-state index is 0.00422. The van der Waals surface area contributed by atoms with Gasteiger partial charge in [-0.05, 0) is 17.2 Å². The zero-order valence-corrected chi connectivity index (χ0v) is 13.1. The van der Waals surface area contributed by atoms with E-state index in [0.29, 0.717) is 6.42 Å². The molecule has 2 aromatic carbocycles. The van der Waals surface area contributed by atoms with Gasteiger partial charge in [0.2, 0.25) is 5.91 Å². The molecule has 3 rings (SSSR count). The van der Waals surface area contributed by atoms with Gasteiger partial charge >= 0.3 is 0 Å². The van der Waals surface area contributed by atoms with Gasteiger partial charge in [-0.1, -0.05) is 48.5 Å². The Kier molecular flexibility index (Phi) is 4.80. The van der Waals surface area contributed by atoms with E-state index < -0.39 is 6.10 Å². The number of fused-ring (bicyclic) bond motifs is 1. The van der Waals surface area contributed by atoms with E-state index in [2.05, 4.69) is 11.4 Å². The van der Waals surface area contributed by atoms with Gasteiger partial charge in [-0.2, -0.15) is 0 Å². The SMILES string of the molecule is O=C(NCC(O)Cc1ccccc1)C1CSc2ccccc21. The zero-order valence-electron chi connectivity index (χ0n) is 12.2. The van der Waals surface area contributed by atoms with Crippen LogP contribution in [0.25, 0.3) is 0 Å². The van der Waals surface area contributed by atoms with E-state index in [0.717, 1.165) is 16.9 Å². The predicted molar refractivity (Wildman–Crippen MR) is 89.1 cm³/mol. The molecule has 1 aliphatic heterocycles. The van der Waals surface area contributed by atoms with Gasteiger partial charge in [0.1, 0.15) is 0 Å². The molecule has 0 spiro atoms. The van der Waals surface area contributed by atoms with Gasteiger partial charge < -0.3 is 10.4 Å². The van der Waals surface area contributed by atoms with E-state index in [-0.39, 0.29) is 18.4 Å². The van der Waals surface area contributed by atoms with Crippen molar-refractivity contribution >= 4 is 17.7 Å². The summed E-state index contributed by atoms with van der Waals surface area (Å²) in [6.45, 7) is 0.289. The van der Waals surface area contributed by atoms with E-state index in [1.165, 1.54) is 4.90 Å². The van der Waals surface area contributed by atoms with Crippen molar-refractivity contribution < 1.29 is 9.90 Å². The van der Waals surface area contributed by atoms with Gasteiger partial charge in [0.15, 0.2) is 0 Å². The fraction of sp³-hybridized carbons (Fsp3) is 0.278. The number of hydrogen-bond acceptors (Lipinski definition) is 3. The number of rotatable bonds is 5. The minimum Gasteiger partial charge on any atom is -0.391 e. The number of carbonyl (C=O) groups excluding carboxylic acids is 1. The molecular formula is C18H19NO2S. The first-order valence-electron chi connectivity index (χ1n) is 7.45. The molecule has 0 bridgehead atoms. The largest absolute Gasteiger partial charge is 0.391 e. The highest BCUT2D eigenvalue weighted by molar-refractivity contribution is 7.99. The molecule has 2 aromatic rings. The lowest BCUT2D eigenvalue weighted by Gasteiger charge is -2.15. The molecule has 1 amide bonds. The third kappa shape index (κ3) is 3.51. The molecule has 22 heavy (non-hydrogen) atoms. The number of carbonyl (C=O) groups is 1. The number of amides is 1. The fourth-order valence-electron chi connectivity index (χ4n) is 2.68. The Bertz CT molecular complexity index is 645. The molecule has 3 nitrogen and oxygen atoms in total. The summed E-state index contributed by atoms with van der Waals surface area (Å²) in [5.41, 5.74) is 2.17. The van der Waals surface area contributed by atoms with E-state index in [1.807, 2.05) is 48.5 Å². The summed E-state index contributed by atoms with van der Waals surface area (Å²) >= 11 is 1.72. The quantitative estimate of drug-likeness (QED) is 0.892. The molecule has 114 valence electrons. The summed E-state index contributed by atoms with van der Waals surface area (Å²) in [6, 6.07) is 17.8. The average molecular weight is 313 g/mol. The predicted octanol–water partition coefficient (Wildman–Crippen LogP) is 2.60. The molecule has 0 saturated carbocycles. The van der Waals surface area contributed by atoms with Gasteiger partial charge in [0.25, 0.3) is 0 Å². The van der Waals surface area contributed by atoms with Crippen molar-refractivity contribution in [3.63, 3.8) is 0 Å². The van der Waals surface area contributed by atoms with Crippen molar-refractivity contribution in [3.05, 3.63) is 65.7 Å². The van der Waals surface area contributed by atoms with Gasteiger partial charge in [0, 0.05) is 23.6 Å². The first-order valence-corrected chi connectivity index (χ1v) is 8.44. The van der Waals surface area contributed by atoms with E-state index in [9.17, 15) is 9.90 Å². The average Bonchev–Trinajstić information content (AvgIpc) is 2.98. The van der Waals surface area contributed by atoms with Crippen LogP contribution in [0.4, 0.5) is 0 Å². The molecule has 0 aromatic heterocycles. The third-order valence-corrected chi connectivity index (χ3v) is 5.03. The zero-order chi connectivity index (χ0) is 15.4. The number of hydrogen-bond donors (Lipinski definition) is 2. The number of benzene rings is 2. The van der Waals surface area contributed by atoms with E-state index in [1.54, 1.807) is 11.8 Å². The topological polar surface area (TPSA) is 49.3 Å². The lowest BCUT2D eigenvalue weighted by atomic mass is 10.0. The van der Waals surface area contributed by atoms with Crippen LogP contribution in [0.5, 0.6) is 0 Å². The van der Waals surface area contributed by atoms with Gasteiger partial charge in [-0.25, -0.2) is 0 Å². The summed E-state index contributed by atoms with van der Waals surface area (Å²) in [7, 11) is 0. The smallest absolute Gasteiger partial charge is 0.228 e. The second kappa shape index (κ2) is 6.99. The number of nitrogens with one attached hydrogen (secondary N) is 1. The van der Waals surface area contributed by atoms with Crippen molar-refractivity contribution in [2.24, 2.45) is 0 Å². The summed E-state index contributed by atoms with van der Waals surface area (Å²) < 4.78 is 0. The van der Waals surface area contributed by atoms with Crippen LogP contribution < -0.4 is 5.32 Å². The third-order valence-electron chi connectivity index (χ3n) is 3.84. The van der Waals surface area contributed by atoms with Gasteiger partial charge in [-0.15, -0.1) is 11.8 Å². The molecule has 0 aliphatic carbocycles. The van der Waals surface area contributed by atoms with Crippen LogP contribution in [0.15, 0.2) is 59.5 Å². The molecule has 0 radical (unpaired) electrons. The molecule has 0 fully saturated rings. The van der Waals surface area contributed by atoms with Gasteiger partial charge in [0.05, 0.1) is 12.0 Å². The monoisotopic (exact) mass is 313 g/mol. The first-order chi connectivity index (χ1) is 10.7. The molecular weight excluding hydrogens is 294 g/mol. The van der Waals surface area contributed by atoms with E-state index >= 15 is 0 Å². The molecule has 2 unspecified atom stereocenters. The van der Waals surface area contributed by atoms with Crippen LogP contribution in [-0.4, -0.2) is 29.4 Å². The Morgan fingerprint density at radius 3 is 2.73 bits per heavy atom. The standard InChI is InChI=1S/C18H19NO2S/c20-14(10-13-6-2-1-3-7-13)11-19-18(21)16-12-22-17-9-5-4-8-15(16)17/h1-9,14,16,20H,10-12H2,(H,19,21). The van der Waals surface area contributed by atoms with Crippen molar-refractivity contribution in [3.8, 4) is 0 Å². The Morgan fingerprint density at radius 2 is 1.91 bits per heavy atom. The second-order valence-electron chi connectivity index (χ2n) is 5.49. The number of aliphatic hydroxyl groups excluding tert-OH is 1. The molecule has 2 N–H and O–H groups in total. The van der Waals surface area contributed by atoms with Crippen molar-refractivity contribution in [2.75, 3.05) is 12.3 Å². The molecule has 0 saturated heterocycles. The maximum atomic E-state index is 12.3. The van der Waals surface area contributed by atoms with Gasteiger partial charge in [-0.3, -0.25) is 4.79 Å². The van der Waals surface area contributed by atoms with Crippen LogP contribution in [-0.2, 0) is 11.2 Å². The first kappa shape index (κ1) is 15.1. The Hall–Kier alpha value is -1.78. The van der Waals surface area contributed by atoms with Crippen LogP contribution in [0.2, 0.25) is 0 Å². The minimum atomic E-state index is -0.560. The number of thioether (sulfide) groups is 1. The maximum absolute atomic E-state index is 12.3. The van der Waals surface area contributed by atoms with Crippen LogP contribution in [0, 0.1) is 0 Å². The highest BCUT2D eigenvalue weighted by Crippen LogP contribution is 2.39. The van der Waals surface area contributed by atoms with Crippen molar-refractivity contribution in [1.82, 2.24) is 5.32 Å². The summed E-state index contributed by atoms with van der Waals surface area (Å²) in [5.74, 6) is 0.676. The van der Waals surface area contributed by atoms with Crippen molar-refractivity contribution in [2.45, 2.75) is 23.3 Å². The highest BCUT2D eigenvalue weighted by atomic mass is 32.2. The Balaban J connectivity index is 1.53. The molecule has 2 atom stereocenters. The van der Waals surface area contributed by atoms with Crippen molar-refractivity contribution in [1.29, 1.82) is 0 Å². The fourth-order valence-corrected chi connectivity index (χ4v) is 3.91. The maximum Gasteiger partial charge on any atom is 0.228 e. The summed E-state index contributed by atoms with van der Waals surface area (Å²) in [4.78, 5) is 13.5. The Labute approximate surface area is 134 Å².